The summed E-state index contributed by atoms with van der Waals surface area (Å²) in [5.74, 6) is 4.75. The van der Waals surface area contributed by atoms with Gasteiger partial charge in [-0.2, -0.15) is 12.6 Å². The van der Waals surface area contributed by atoms with Crippen LogP contribution in [0.1, 0.15) is 111 Å². The number of phenolic OH excluding ortho intramolecular Hbond substituents is 7. The Labute approximate surface area is 592 Å². The molecule has 0 saturated carbocycles. The Balaban J connectivity index is 0.000000284. The number of benzene rings is 8. The molecule has 0 bridgehead atoms. The summed E-state index contributed by atoms with van der Waals surface area (Å²) in [6, 6.07) is 56.5. The molecule has 16 nitrogen and oxygen atoms in total. The van der Waals surface area contributed by atoms with Crippen molar-refractivity contribution in [2.45, 2.75) is 89.4 Å². The van der Waals surface area contributed by atoms with Crippen molar-refractivity contribution in [1.29, 1.82) is 0 Å². The molecule has 1 unspecified atom stereocenters. The van der Waals surface area contributed by atoms with Gasteiger partial charge in [-0.1, -0.05) is 193 Å². The molecule has 8 aromatic rings. The van der Waals surface area contributed by atoms with Crippen LogP contribution >= 0.6 is 55.8 Å². The van der Waals surface area contributed by atoms with Crippen molar-refractivity contribution in [2.24, 2.45) is 5.73 Å². The molecule has 0 spiro atoms. The van der Waals surface area contributed by atoms with Crippen LogP contribution in [0.4, 0.5) is 0 Å². The number of aromatic hydroxyl groups is 7. The number of nitrogens with one attached hydrogen (secondary N) is 4. The highest BCUT2D eigenvalue weighted by atomic mass is 33.1. The summed E-state index contributed by atoms with van der Waals surface area (Å²) < 4.78 is 0. The van der Waals surface area contributed by atoms with E-state index in [1.165, 1.54) is 0 Å². The van der Waals surface area contributed by atoms with Gasteiger partial charge in [0.15, 0.2) is 0 Å². The smallest absolute Gasteiger partial charge is 0.221 e. The molecule has 4 amide bonds. The lowest BCUT2D eigenvalue weighted by Gasteiger charge is -2.31. The van der Waals surface area contributed by atoms with E-state index < -0.39 is 21.7 Å². The summed E-state index contributed by atoms with van der Waals surface area (Å²) >= 11 is 4.10. The zero-order chi connectivity index (χ0) is 69.7. The fraction of sp³-hybridized carbons (Fsp3) is 0.316. The summed E-state index contributed by atoms with van der Waals surface area (Å²) in [5, 5.41) is 79.4. The van der Waals surface area contributed by atoms with Gasteiger partial charge < -0.3 is 62.7 Å². The Hall–Kier alpha value is -8.05. The van der Waals surface area contributed by atoms with Gasteiger partial charge in [-0.15, -0.1) is 0 Å². The topological polar surface area (TPSA) is 284 Å². The predicted octanol–water partition coefficient (Wildman–Crippen LogP) is 13.5. The van der Waals surface area contributed by atoms with Gasteiger partial charge in [0.25, 0.3) is 0 Å². The molecule has 13 N–H and O–H groups in total. The van der Waals surface area contributed by atoms with Crippen LogP contribution in [-0.2, 0) is 40.8 Å². The monoisotopic (exact) mass is 1410 g/mol. The van der Waals surface area contributed by atoms with Crippen LogP contribution in [0.2, 0.25) is 0 Å². The summed E-state index contributed by atoms with van der Waals surface area (Å²) in [7, 11) is 6.70. The Bertz CT molecular complexity index is 3380. The van der Waals surface area contributed by atoms with E-state index in [1.54, 1.807) is 128 Å². The third-order valence-corrected chi connectivity index (χ3v) is 21.7. The summed E-state index contributed by atoms with van der Waals surface area (Å²) in [6.07, 6.45) is 1.01. The molecular weight excluding hydrogens is 1320 g/mol. The van der Waals surface area contributed by atoms with Crippen molar-refractivity contribution in [1.82, 2.24) is 21.3 Å². The lowest BCUT2D eigenvalue weighted by atomic mass is 9.73. The summed E-state index contributed by atoms with van der Waals surface area (Å²) in [5.41, 5.74) is 11.7. The number of nitrogens with two attached hydrogens (primary N) is 1. The van der Waals surface area contributed by atoms with Crippen LogP contribution in [-0.4, -0.2) is 121 Å². The molecule has 0 saturated heterocycles. The van der Waals surface area contributed by atoms with Crippen LogP contribution in [0.15, 0.2) is 194 Å². The second kappa shape index (κ2) is 39.4. The highest BCUT2D eigenvalue weighted by Gasteiger charge is 2.36. The minimum Gasteiger partial charge on any atom is -0.508 e. The van der Waals surface area contributed by atoms with E-state index in [-0.39, 0.29) is 97.0 Å². The molecule has 97 heavy (non-hydrogen) atoms. The second-order valence-electron chi connectivity index (χ2n) is 23.9. The molecule has 0 radical (unpaired) electrons. The minimum atomic E-state index is -0.649. The van der Waals surface area contributed by atoms with E-state index in [4.69, 9.17) is 5.73 Å². The summed E-state index contributed by atoms with van der Waals surface area (Å²) in [4.78, 5) is 50.9. The van der Waals surface area contributed by atoms with Crippen LogP contribution in [0, 0.1) is 6.92 Å². The first-order chi connectivity index (χ1) is 45.9. The third kappa shape index (κ3) is 24.5. The fourth-order valence-corrected chi connectivity index (χ4v) is 14.6. The van der Waals surface area contributed by atoms with Gasteiger partial charge in [0.1, 0.15) is 40.2 Å². The van der Waals surface area contributed by atoms with Crippen LogP contribution in [0.25, 0.3) is 0 Å². The molecule has 0 aliphatic carbocycles. The molecule has 8 aromatic carbocycles. The van der Waals surface area contributed by atoms with E-state index in [1.807, 2.05) is 125 Å². The molecule has 518 valence electrons. The molecule has 0 aromatic heterocycles. The van der Waals surface area contributed by atoms with Crippen molar-refractivity contribution in [3.05, 3.63) is 244 Å². The van der Waals surface area contributed by atoms with Gasteiger partial charge in [-0.3, -0.25) is 19.2 Å². The maximum Gasteiger partial charge on any atom is 0.221 e. The number of aryl methyl sites for hydroxylation is 1. The highest BCUT2D eigenvalue weighted by Crippen LogP contribution is 2.41. The van der Waals surface area contributed by atoms with Gasteiger partial charge in [0.05, 0.1) is 0 Å². The summed E-state index contributed by atoms with van der Waals surface area (Å²) in [6.45, 7) is 12.9. The Morgan fingerprint density at radius 2 is 0.505 bits per heavy atom. The zero-order valence-electron chi connectivity index (χ0n) is 54.8. The van der Waals surface area contributed by atoms with Gasteiger partial charge in [0, 0.05) is 109 Å². The maximum absolute atomic E-state index is 13.1. The number of phenols is 7. The first-order valence-corrected chi connectivity index (χ1v) is 37.0. The van der Waals surface area contributed by atoms with Crippen LogP contribution in [0.5, 0.6) is 40.2 Å². The van der Waals surface area contributed by atoms with E-state index in [2.05, 4.69) is 53.0 Å². The van der Waals surface area contributed by atoms with Crippen molar-refractivity contribution in [2.75, 3.05) is 61.5 Å². The van der Waals surface area contributed by atoms with Gasteiger partial charge >= 0.3 is 0 Å². The molecule has 0 aliphatic heterocycles. The molecular formula is C76H93N5O11S5. The molecule has 21 heteroatoms. The minimum absolute atomic E-state index is 0. The first-order valence-electron chi connectivity index (χ1n) is 31.4. The van der Waals surface area contributed by atoms with E-state index in [0.717, 1.165) is 67.3 Å². The normalized spacial score (nSPS) is 11.8. The predicted molar refractivity (Wildman–Crippen MR) is 404 cm³/mol. The lowest BCUT2D eigenvalue weighted by molar-refractivity contribution is -0.122. The quantitative estimate of drug-likeness (QED) is 0.0109. The maximum atomic E-state index is 13.1. The Morgan fingerprint density at radius 1 is 0.330 bits per heavy atom. The number of carbonyl (C=O) groups excluding carboxylic acids is 4. The number of carbonyl (C=O) groups is 4. The molecule has 1 atom stereocenters. The van der Waals surface area contributed by atoms with Gasteiger partial charge in [-0.05, 0) is 136 Å². The third-order valence-electron chi connectivity index (χ3n) is 16.6. The molecule has 0 fully saturated rings. The molecule has 8 rings (SSSR count). The average Bonchev–Trinajstić information content (AvgIpc) is 0.819. The van der Waals surface area contributed by atoms with Crippen molar-refractivity contribution in [3.63, 3.8) is 0 Å². The van der Waals surface area contributed by atoms with E-state index in [9.17, 15) is 54.9 Å². The highest BCUT2D eigenvalue weighted by molar-refractivity contribution is 8.77. The average molecular weight is 1410 g/mol. The largest absolute Gasteiger partial charge is 0.508 e. The van der Waals surface area contributed by atoms with Crippen molar-refractivity contribution in [3.8, 4) is 40.2 Å². The fourth-order valence-electron chi connectivity index (χ4n) is 10.9. The molecule has 0 heterocycles. The van der Waals surface area contributed by atoms with E-state index in [0.29, 0.717) is 44.2 Å². The van der Waals surface area contributed by atoms with E-state index >= 15 is 0 Å². The van der Waals surface area contributed by atoms with Crippen LogP contribution < -0.4 is 27.0 Å². The number of amides is 4. The van der Waals surface area contributed by atoms with Gasteiger partial charge in [-0.25, -0.2) is 0 Å². The second-order valence-corrected chi connectivity index (χ2v) is 29.8. The van der Waals surface area contributed by atoms with Crippen molar-refractivity contribution < 1.29 is 54.9 Å². The lowest BCUT2D eigenvalue weighted by Crippen LogP contribution is -2.35. The SMILES string of the molecule is C.CC(CC(=O)NCCS)(c1ccc(O)cc1)c1ccc(O)cc1.CC(CC(=O)NCCSSCCN)(c1ccc(O)cc1)c1ccc(O)cc1.Cc1ccc(C(C)(CC(=O)NCCSSCCNC(=O)CC(C)(c2ccc(O)cc2)c2ccc(O)cc2)c2ccc(O)cc2)cc1. The number of hydrogen-bond acceptors (Lipinski definition) is 17. The van der Waals surface area contributed by atoms with Crippen molar-refractivity contribution >= 4 is 79.4 Å². The Morgan fingerprint density at radius 3 is 0.691 bits per heavy atom. The molecule has 0 aliphatic rings. The Kier molecular flexibility index (Phi) is 32.3. The number of hydrogen-bond donors (Lipinski definition) is 13. The van der Waals surface area contributed by atoms with Crippen LogP contribution in [0.3, 0.4) is 0 Å². The standard InChI is InChI=1S/C37H42N2O5S2.C20H26N2O3S2.C18H21NO3S.CH4/c1-26-4-6-27(7-5-26)36(2,28-8-14-31(40)15-9-28)24-34(43)38-20-22-45-46-23-21-39-35(44)25-37(3,29-10-16-32(41)17-11-29)30-12-18-33(42)19-13-30;1-20(15-2-6-17(23)7-3-15,16-4-8-18(24)9-5-16)14-19(25)22-11-13-27-26-12-10-21;1-18(12-17(22)19-10-11-23,13-2-6-15(20)7-3-13)14-4-8-16(21)9-5-14;/h4-19,40-42H,20-25H2,1-3H3,(H,38,43)(H,39,44);2-9,23-24H,10-14,21H2,1H3,(H,22,25);2-9,20-21,23H,10-12H2,1H3,(H,19,22);1H4. The number of rotatable bonds is 31. The van der Waals surface area contributed by atoms with Gasteiger partial charge in [0.2, 0.25) is 23.6 Å². The zero-order valence-corrected chi connectivity index (χ0v) is 59.0. The first kappa shape index (κ1) is 79.6. The number of thiol groups is 1.